The summed E-state index contributed by atoms with van der Waals surface area (Å²) in [6.07, 6.45) is 3.61. The maximum absolute atomic E-state index is 13.0. The second-order valence-corrected chi connectivity index (χ2v) is 9.06. The summed E-state index contributed by atoms with van der Waals surface area (Å²) in [7, 11) is -0.713. The summed E-state index contributed by atoms with van der Waals surface area (Å²) in [5, 5.41) is 4.97. The van der Waals surface area contributed by atoms with E-state index in [4.69, 9.17) is 0 Å². The van der Waals surface area contributed by atoms with Gasteiger partial charge in [-0.05, 0) is 57.7 Å². The Kier molecular flexibility index (Phi) is 3.91. The number of hydrogen-bond acceptors (Lipinski definition) is 3. The Morgan fingerprint density at radius 1 is 1.17 bits per heavy atom. The summed E-state index contributed by atoms with van der Waals surface area (Å²) in [4.78, 5) is 13.0. The first kappa shape index (κ1) is 15.8. The van der Waals surface area contributed by atoms with Gasteiger partial charge in [-0.25, -0.2) is 4.68 Å². The summed E-state index contributed by atoms with van der Waals surface area (Å²) in [5.41, 5.74) is 3.70. The molecule has 0 amide bonds. The lowest BCUT2D eigenvalue weighted by Crippen LogP contribution is -2.32. The van der Waals surface area contributed by atoms with Crippen LogP contribution in [0.2, 0.25) is 0 Å². The molecule has 0 radical (unpaired) electrons. The largest absolute Gasteiger partial charge is 0.294 e. The van der Waals surface area contributed by atoms with Crippen LogP contribution in [0, 0.1) is 19.8 Å². The second-order valence-electron chi connectivity index (χ2n) is 7.07. The van der Waals surface area contributed by atoms with Crippen LogP contribution in [0.4, 0.5) is 0 Å². The highest BCUT2D eigenvalue weighted by Gasteiger charge is 2.42. The van der Waals surface area contributed by atoms with E-state index in [1.165, 1.54) is 0 Å². The van der Waals surface area contributed by atoms with Crippen LogP contribution in [-0.4, -0.2) is 30.3 Å². The number of fused-ring (bicyclic) bond motifs is 2. The molecule has 126 valence electrons. The van der Waals surface area contributed by atoms with Gasteiger partial charge in [0.15, 0.2) is 5.78 Å². The van der Waals surface area contributed by atoms with Crippen LogP contribution in [0.1, 0.15) is 47.4 Å². The number of aromatic nitrogens is 2. The average molecular weight is 342 g/mol. The highest BCUT2D eigenvalue weighted by molar-refractivity contribution is 7.86. The first-order chi connectivity index (χ1) is 11.5. The van der Waals surface area contributed by atoms with E-state index in [9.17, 15) is 9.00 Å². The van der Waals surface area contributed by atoms with Gasteiger partial charge in [-0.3, -0.25) is 9.00 Å². The van der Waals surface area contributed by atoms with Gasteiger partial charge >= 0.3 is 0 Å². The van der Waals surface area contributed by atoms with Gasteiger partial charge in [-0.1, -0.05) is 12.1 Å². The molecule has 2 bridgehead atoms. The molecule has 3 heterocycles. The van der Waals surface area contributed by atoms with Gasteiger partial charge < -0.3 is 0 Å². The summed E-state index contributed by atoms with van der Waals surface area (Å²) < 4.78 is 14.0. The number of aryl methyl sites for hydroxylation is 2. The lowest BCUT2D eigenvalue weighted by atomic mass is 9.90. The molecular formula is C19H22N2O2S. The molecule has 2 unspecified atom stereocenters. The Morgan fingerprint density at radius 3 is 2.50 bits per heavy atom. The molecule has 0 saturated carbocycles. The molecule has 2 fully saturated rings. The van der Waals surface area contributed by atoms with Gasteiger partial charge in [0.2, 0.25) is 0 Å². The number of ketones is 1. The first-order valence-corrected chi connectivity index (χ1v) is 9.88. The quantitative estimate of drug-likeness (QED) is 0.804. The van der Waals surface area contributed by atoms with Crippen LogP contribution in [-0.2, 0) is 10.8 Å². The topological polar surface area (TPSA) is 52.0 Å². The predicted octanol–water partition coefficient (Wildman–Crippen LogP) is 3.36. The van der Waals surface area contributed by atoms with E-state index in [1.54, 1.807) is 0 Å². The number of hydrogen-bond donors (Lipinski definition) is 0. The molecule has 24 heavy (non-hydrogen) atoms. The van der Waals surface area contributed by atoms with Crippen LogP contribution in [0.15, 0.2) is 30.3 Å². The SMILES string of the molecule is Cc1cc(C)n(-c2cccc(C(=O)C3CC4CCC(C3)S4=O)c2)n1. The maximum Gasteiger partial charge on any atom is 0.166 e. The van der Waals surface area contributed by atoms with E-state index in [2.05, 4.69) is 5.10 Å². The van der Waals surface area contributed by atoms with Crippen molar-refractivity contribution in [2.24, 2.45) is 5.92 Å². The minimum atomic E-state index is -0.713. The number of benzene rings is 1. The van der Waals surface area contributed by atoms with Crippen molar-refractivity contribution in [3.63, 3.8) is 0 Å². The van der Waals surface area contributed by atoms with E-state index < -0.39 is 10.8 Å². The van der Waals surface area contributed by atoms with E-state index >= 15 is 0 Å². The smallest absolute Gasteiger partial charge is 0.166 e. The standard InChI is InChI=1S/C19H22N2O2S/c1-12-8-13(2)21(20-12)16-5-3-4-14(9-16)19(22)15-10-17-6-7-18(11-15)24(17)23/h3-5,8-9,15,17-18H,6-7,10-11H2,1-2H3. The van der Waals surface area contributed by atoms with E-state index in [-0.39, 0.29) is 22.2 Å². The Labute approximate surface area is 144 Å². The van der Waals surface area contributed by atoms with Gasteiger partial charge in [-0.15, -0.1) is 0 Å². The van der Waals surface area contributed by atoms with Crippen LogP contribution >= 0.6 is 0 Å². The highest BCUT2D eigenvalue weighted by atomic mass is 32.2. The van der Waals surface area contributed by atoms with Crippen molar-refractivity contribution < 1.29 is 9.00 Å². The molecule has 2 aliphatic rings. The summed E-state index contributed by atoms with van der Waals surface area (Å²) in [6.45, 7) is 3.99. The molecule has 0 aliphatic carbocycles. The van der Waals surface area contributed by atoms with Crippen molar-refractivity contribution in [2.75, 3.05) is 0 Å². The molecule has 5 heteroatoms. The highest BCUT2D eigenvalue weighted by Crippen LogP contribution is 2.39. The van der Waals surface area contributed by atoms with Crippen LogP contribution in [0.5, 0.6) is 0 Å². The van der Waals surface area contributed by atoms with Crippen molar-refractivity contribution in [2.45, 2.75) is 50.0 Å². The van der Waals surface area contributed by atoms with E-state index in [1.807, 2.05) is 48.9 Å². The Hall–Kier alpha value is -1.75. The van der Waals surface area contributed by atoms with Crippen molar-refractivity contribution in [3.8, 4) is 5.69 Å². The lowest BCUT2D eigenvalue weighted by molar-refractivity contribution is 0.0906. The first-order valence-electron chi connectivity index (χ1n) is 8.60. The number of nitrogens with zero attached hydrogens (tertiary/aromatic N) is 2. The summed E-state index contributed by atoms with van der Waals surface area (Å²) in [6, 6.07) is 9.77. The average Bonchev–Trinajstić information content (AvgIpc) is 2.99. The number of rotatable bonds is 3. The van der Waals surface area contributed by atoms with Crippen molar-refractivity contribution in [1.82, 2.24) is 9.78 Å². The molecule has 2 saturated heterocycles. The van der Waals surface area contributed by atoms with Crippen molar-refractivity contribution >= 4 is 16.6 Å². The van der Waals surface area contributed by atoms with Gasteiger partial charge in [0.25, 0.3) is 0 Å². The molecule has 4 rings (SSSR count). The van der Waals surface area contributed by atoms with Crippen LogP contribution in [0.25, 0.3) is 5.69 Å². The van der Waals surface area contributed by atoms with Crippen molar-refractivity contribution in [1.29, 1.82) is 0 Å². The van der Waals surface area contributed by atoms with Gasteiger partial charge in [0.05, 0.1) is 11.4 Å². The zero-order valence-corrected chi connectivity index (χ0v) is 14.9. The third-order valence-corrected chi connectivity index (χ3v) is 7.49. The van der Waals surface area contributed by atoms with E-state index in [0.29, 0.717) is 0 Å². The maximum atomic E-state index is 13.0. The number of Topliss-reactive ketones (excluding diaryl/α,β-unsaturated/α-hetero) is 1. The molecule has 0 spiro atoms. The fraction of sp³-hybridized carbons (Fsp3) is 0.474. The molecule has 1 aromatic carbocycles. The summed E-state index contributed by atoms with van der Waals surface area (Å²) in [5.74, 6) is 0.225. The third kappa shape index (κ3) is 2.65. The van der Waals surface area contributed by atoms with E-state index in [0.717, 1.165) is 48.3 Å². The van der Waals surface area contributed by atoms with Gasteiger partial charge in [-0.2, -0.15) is 5.10 Å². The molecule has 1 aromatic heterocycles. The fourth-order valence-corrected chi connectivity index (χ4v) is 6.29. The van der Waals surface area contributed by atoms with Crippen LogP contribution in [0.3, 0.4) is 0 Å². The van der Waals surface area contributed by atoms with Crippen molar-refractivity contribution in [3.05, 3.63) is 47.3 Å². The zero-order valence-electron chi connectivity index (χ0n) is 14.1. The fourth-order valence-electron chi connectivity index (χ4n) is 4.16. The normalized spacial score (nSPS) is 28.9. The predicted molar refractivity (Wildman–Crippen MR) is 95.0 cm³/mol. The van der Waals surface area contributed by atoms with Gasteiger partial charge in [0, 0.05) is 38.5 Å². The minimum absolute atomic E-state index is 0.0240. The molecule has 4 nitrogen and oxygen atoms in total. The monoisotopic (exact) mass is 342 g/mol. The van der Waals surface area contributed by atoms with Gasteiger partial charge in [0.1, 0.15) is 0 Å². The zero-order chi connectivity index (χ0) is 16.8. The summed E-state index contributed by atoms with van der Waals surface area (Å²) >= 11 is 0. The number of carbonyl (C=O) groups is 1. The lowest BCUT2D eigenvalue weighted by Gasteiger charge is -2.26. The third-order valence-electron chi connectivity index (χ3n) is 5.32. The Balaban J connectivity index is 1.61. The molecule has 2 aliphatic heterocycles. The molecule has 0 N–H and O–H groups in total. The minimum Gasteiger partial charge on any atom is -0.294 e. The number of carbonyl (C=O) groups excluding carboxylic acids is 1. The van der Waals surface area contributed by atoms with Crippen LogP contribution < -0.4 is 0 Å². The Morgan fingerprint density at radius 2 is 1.88 bits per heavy atom. The molecule has 2 aromatic rings. The molecular weight excluding hydrogens is 320 g/mol. The Bertz CT molecular complexity index is 811. The second kappa shape index (κ2) is 5.96. The molecule has 2 atom stereocenters.